The van der Waals surface area contributed by atoms with Gasteiger partial charge in [-0.3, -0.25) is 0 Å². The van der Waals surface area contributed by atoms with Crippen LogP contribution < -0.4 is 10.1 Å². The highest BCUT2D eigenvalue weighted by Gasteiger charge is 2.27. The van der Waals surface area contributed by atoms with Gasteiger partial charge in [0.1, 0.15) is 19.0 Å². The molecule has 0 heterocycles. The van der Waals surface area contributed by atoms with E-state index in [0.29, 0.717) is 18.2 Å². The number of para-hydroxylation sites is 1. The van der Waals surface area contributed by atoms with Crippen LogP contribution in [0.15, 0.2) is 24.3 Å². The van der Waals surface area contributed by atoms with Crippen LogP contribution >= 0.6 is 0 Å². The van der Waals surface area contributed by atoms with Crippen molar-refractivity contribution in [2.75, 3.05) is 26.4 Å². The summed E-state index contributed by atoms with van der Waals surface area (Å²) in [4.78, 5) is 0. The van der Waals surface area contributed by atoms with Crippen molar-refractivity contribution in [2.45, 2.75) is 26.6 Å². The highest BCUT2D eigenvalue weighted by molar-refractivity contribution is 5.33. The lowest BCUT2D eigenvalue weighted by Gasteiger charge is -2.13. The molecule has 1 rings (SSSR count). The van der Waals surface area contributed by atoms with E-state index in [9.17, 15) is 13.2 Å². The summed E-state index contributed by atoms with van der Waals surface area (Å²) < 4.78 is 45.7. The molecule has 0 atom stereocenters. The van der Waals surface area contributed by atoms with Crippen molar-refractivity contribution in [2.24, 2.45) is 5.92 Å². The van der Waals surface area contributed by atoms with E-state index in [0.717, 1.165) is 12.1 Å². The fourth-order valence-electron chi connectivity index (χ4n) is 1.68. The van der Waals surface area contributed by atoms with Gasteiger partial charge in [0.15, 0.2) is 0 Å². The molecule has 1 N–H and O–H groups in total. The Bertz CT molecular complexity index is 408. The quantitative estimate of drug-likeness (QED) is 0.709. The second kappa shape index (κ2) is 8.89. The fraction of sp³-hybridized carbons (Fsp3) is 0.600. The van der Waals surface area contributed by atoms with E-state index in [2.05, 4.69) is 23.9 Å². The number of hydrogen-bond acceptors (Lipinski definition) is 3. The van der Waals surface area contributed by atoms with Gasteiger partial charge in [-0.05, 0) is 18.5 Å². The highest BCUT2D eigenvalue weighted by Crippen LogP contribution is 2.18. The molecular formula is C15H22F3NO2. The first-order chi connectivity index (χ1) is 9.88. The summed E-state index contributed by atoms with van der Waals surface area (Å²) in [5.41, 5.74) is 0.981. The molecule has 3 nitrogen and oxygen atoms in total. The Hall–Kier alpha value is -1.27. The molecule has 0 aromatic heterocycles. The SMILES string of the molecule is CC(C)CNCc1ccccc1OCCOCC(F)(F)F. The van der Waals surface area contributed by atoms with Crippen LogP contribution in [0.3, 0.4) is 0 Å². The number of alkyl halides is 3. The van der Waals surface area contributed by atoms with E-state index in [1.165, 1.54) is 0 Å². The molecule has 0 saturated carbocycles. The van der Waals surface area contributed by atoms with Gasteiger partial charge >= 0.3 is 6.18 Å². The normalized spacial score (nSPS) is 11.9. The van der Waals surface area contributed by atoms with Gasteiger partial charge in [0, 0.05) is 12.1 Å². The maximum absolute atomic E-state index is 11.9. The molecule has 1 aromatic carbocycles. The summed E-state index contributed by atoms with van der Waals surface area (Å²) in [6.45, 7) is 4.56. The standard InChI is InChI=1S/C15H22F3NO2/c1-12(2)9-19-10-13-5-3-4-6-14(13)21-8-7-20-11-15(16,17)18/h3-6,12,19H,7-11H2,1-2H3. The smallest absolute Gasteiger partial charge is 0.411 e. The largest absolute Gasteiger partial charge is 0.491 e. The van der Waals surface area contributed by atoms with Crippen molar-refractivity contribution in [3.63, 3.8) is 0 Å². The molecule has 0 fully saturated rings. The number of ether oxygens (including phenoxy) is 2. The highest BCUT2D eigenvalue weighted by atomic mass is 19.4. The molecule has 0 saturated heterocycles. The zero-order valence-corrected chi connectivity index (χ0v) is 12.4. The zero-order valence-electron chi connectivity index (χ0n) is 12.4. The minimum atomic E-state index is -4.29. The van der Waals surface area contributed by atoms with E-state index in [1.54, 1.807) is 6.07 Å². The summed E-state index contributed by atoms with van der Waals surface area (Å²) in [5, 5.41) is 3.30. The fourth-order valence-corrected chi connectivity index (χ4v) is 1.68. The van der Waals surface area contributed by atoms with Gasteiger partial charge in [0.2, 0.25) is 0 Å². The van der Waals surface area contributed by atoms with Gasteiger partial charge in [0.05, 0.1) is 6.61 Å². The maximum Gasteiger partial charge on any atom is 0.411 e. The van der Waals surface area contributed by atoms with Gasteiger partial charge in [-0.2, -0.15) is 13.2 Å². The predicted molar refractivity (Wildman–Crippen MR) is 75.4 cm³/mol. The number of benzene rings is 1. The van der Waals surface area contributed by atoms with Crippen molar-refractivity contribution < 1.29 is 22.6 Å². The van der Waals surface area contributed by atoms with Crippen molar-refractivity contribution in [3.05, 3.63) is 29.8 Å². The van der Waals surface area contributed by atoms with E-state index >= 15 is 0 Å². The van der Waals surface area contributed by atoms with Gasteiger partial charge in [-0.1, -0.05) is 32.0 Å². The van der Waals surface area contributed by atoms with Gasteiger partial charge in [0.25, 0.3) is 0 Å². The summed E-state index contributed by atoms with van der Waals surface area (Å²) in [7, 11) is 0. The molecule has 0 spiro atoms. The minimum absolute atomic E-state index is 0.0900. The Morgan fingerprint density at radius 2 is 1.86 bits per heavy atom. The molecule has 6 heteroatoms. The molecule has 120 valence electrons. The maximum atomic E-state index is 11.9. The average Bonchev–Trinajstić information content (AvgIpc) is 2.38. The Morgan fingerprint density at radius 1 is 1.14 bits per heavy atom. The molecule has 0 radical (unpaired) electrons. The topological polar surface area (TPSA) is 30.5 Å². The molecule has 0 bridgehead atoms. The second-order valence-corrected chi connectivity index (χ2v) is 5.15. The molecule has 0 aliphatic heterocycles. The minimum Gasteiger partial charge on any atom is -0.491 e. The van der Waals surface area contributed by atoms with Crippen LogP contribution in [0.5, 0.6) is 5.75 Å². The average molecular weight is 305 g/mol. The van der Waals surface area contributed by atoms with Crippen molar-refractivity contribution >= 4 is 0 Å². The van der Waals surface area contributed by atoms with Crippen molar-refractivity contribution in [1.82, 2.24) is 5.32 Å². The van der Waals surface area contributed by atoms with E-state index in [-0.39, 0.29) is 13.2 Å². The number of hydrogen-bond donors (Lipinski definition) is 1. The first-order valence-corrected chi connectivity index (χ1v) is 6.94. The Kier molecular flexibility index (Phi) is 7.53. The lowest BCUT2D eigenvalue weighted by atomic mass is 10.2. The van der Waals surface area contributed by atoms with Crippen molar-refractivity contribution in [3.8, 4) is 5.75 Å². The van der Waals surface area contributed by atoms with E-state index in [1.807, 2.05) is 18.2 Å². The predicted octanol–water partition coefficient (Wildman–Crippen LogP) is 3.39. The molecule has 21 heavy (non-hydrogen) atoms. The second-order valence-electron chi connectivity index (χ2n) is 5.15. The third-order valence-electron chi connectivity index (χ3n) is 2.59. The monoisotopic (exact) mass is 305 g/mol. The zero-order chi connectivity index (χ0) is 15.7. The van der Waals surface area contributed by atoms with Crippen LogP contribution in [-0.2, 0) is 11.3 Å². The molecule has 1 aromatic rings. The lowest BCUT2D eigenvalue weighted by molar-refractivity contribution is -0.175. The summed E-state index contributed by atoms with van der Waals surface area (Å²) >= 11 is 0. The van der Waals surface area contributed by atoms with E-state index in [4.69, 9.17) is 4.74 Å². The first kappa shape index (κ1) is 17.8. The van der Waals surface area contributed by atoms with Crippen LogP contribution in [0.4, 0.5) is 13.2 Å². The van der Waals surface area contributed by atoms with Crippen LogP contribution in [0.25, 0.3) is 0 Å². The Labute approximate surface area is 123 Å². The Balaban J connectivity index is 2.33. The van der Waals surface area contributed by atoms with Crippen molar-refractivity contribution in [1.29, 1.82) is 0 Å². The third kappa shape index (κ3) is 8.57. The van der Waals surface area contributed by atoms with E-state index < -0.39 is 12.8 Å². The number of rotatable bonds is 9. The van der Waals surface area contributed by atoms with Gasteiger partial charge in [-0.15, -0.1) is 0 Å². The molecular weight excluding hydrogens is 283 g/mol. The number of halogens is 3. The molecule has 0 aliphatic carbocycles. The third-order valence-corrected chi connectivity index (χ3v) is 2.59. The van der Waals surface area contributed by atoms with Crippen LogP contribution in [-0.4, -0.2) is 32.5 Å². The van der Waals surface area contributed by atoms with Crippen LogP contribution in [0, 0.1) is 5.92 Å². The first-order valence-electron chi connectivity index (χ1n) is 6.94. The molecule has 0 amide bonds. The molecule has 0 unspecified atom stereocenters. The van der Waals surface area contributed by atoms with Gasteiger partial charge < -0.3 is 14.8 Å². The number of nitrogens with one attached hydrogen (secondary N) is 1. The van der Waals surface area contributed by atoms with Gasteiger partial charge in [-0.25, -0.2) is 0 Å². The Morgan fingerprint density at radius 3 is 2.52 bits per heavy atom. The summed E-state index contributed by atoms with van der Waals surface area (Å²) in [6, 6.07) is 7.46. The van der Waals surface area contributed by atoms with Crippen LogP contribution in [0.1, 0.15) is 19.4 Å². The lowest BCUT2D eigenvalue weighted by Crippen LogP contribution is -2.21. The molecule has 0 aliphatic rings. The summed E-state index contributed by atoms with van der Waals surface area (Å²) in [5.74, 6) is 1.22. The van der Waals surface area contributed by atoms with Crippen LogP contribution in [0.2, 0.25) is 0 Å². The summed E-state index contributed by atoms with van der Waals surface area (Å²) in [6.07, 6.45) is -4.29.